The number of carbonyl (C=O) groups excluding carboxylic acids is 1. The zero-order valence-corrected chi connectivity index (χ0v) is 9.78. The van der Waals surface area contributed by atoms with Gasteiger partial charge in [-0.25, -0.2) is 5.48 Å². The van der Waals surface area contributed by atoms with Gasteiger partial charge < -0.3 is 5.11 Å². The van der Waals surface area contributed by atoms with Crippen LogP contribution < -0.4 is 5.48 Å². The van der Waals surface area contributed by atoms with Crippen molar-refractivity contribution in [3.05, 3.63) is 29.3 Å². The van der Waals surface area contributed by atoms with E-state index >= 15 is 0 Å². The van der Waals surface area contributed by atoms with Crippen molar-refractivity contribution in [2.75, 3.05) is 6.61 Å². The molecule has 16 heavy (non-hydrogen) atoms. The molecule has 1 rings (SSSR count). The van der Waals surface area contributed by atoms with E-state index in [1.807, 2.05) is 13.8 Å². The van der Waals surface area contributed by atoms with Crippen molar-refractivity contribution >= 4 is 5.91 Å². The minimum absolute atomic E-state index is 0.00635. The van der Waals surface area contributed by atoms with Crippen LogP contribution in [0, 0.1) is 12.8 Å². The van der Waals surface area contributed by atoms with Crippen LogP contribution in [-0.4, -0.2) is 17.6 Å². The number of phenols is 1. The van der Waals surface area contributed by atoms with E-state index in [2.05, 4.69) is 5.48 Å². The SMILES string of the molecule is Cc1cccc(C(=O)NOCC(C)C)c1O. The molecular formula is C12H17NO3. The van der Waals surface area contributed by atoms with Gasteiger partial charge in [0, 0.05) is 0 Å². The molecule has 2 N–H and O–H groups in total. The van der Waals surface area contributed by atoms with Gasteiger partial charge in [0.15, 0.2) is 0 Å². The highest BCUT2D eigenvalue weighted by atomic mass is 16.6. The molecule has 88 valence electrons. The number of para-hydroxylation sites is 1. The van der Waals surface area contributed by atoms with E-state index in [1.54, 1.807) is 25.1 Å². The molecule has 0 spiro atoms. The first-order chi connectivity index (χ1) is 7.52. The zero-order chi connectivity index (χ0) is 12.1. The maximum absolute atomic E-state index is 11.6. The fourth-order valence-corrected chi connectivity index (χ4v) is 1.17. The highest BCUT2D eigenvalue weighted by molar-refractivity contribution is 5.96. The van der Waals surface area contributed by atoms with Crippen LogP contribution in [0.15, 0.2) is 18.2 Å². The van der Waals surface area contributed by atoms with E-state index in [0.717, 1.165) is 0 Å². The topological polar surface area (TPSA) is 58.6 Å². The van der Waals surface area contributed by atoms with Gasteiger partial charge in [0.1, 0.15) is 5.75 Å². The Hall–Kier alpha value is -1.55. The van der Waals surface area contributed by atoms with Crippen LogP contribution in [0.1, 0.15) is 29.8 Å². The second-order valence-electron chi connectivity index (χ2n) is 4.11. The predicted molar refractivity (Wildman–Crippen MR) is 61.1 cm³/mol. The molecule has 0 saturated heterocycles. The molecule has 0 aliphatic rings. The number of phenolic OH excluding ortho intramolecular Hbond substituents is 1. The summed E-state index contributed by atoms with van der Waals surface area (Å²) in [6.45, 7) is 6.14. The second kappa shape index (κ2) is 5.51. The predicted octanol–water partition coefficient (Wildman–Crippen LogP) is 2.02. The number of aryl methyl sites for hydroxylation is 1. The fourth-order valence-electron chi connectivity index (χ4n) is 1.17. The van der Waals surface area contributed by atoms with Crippen molar-refractivity contribution in [1.82, 2.24) is 5.48 Å². The molecule has 4 nitrogen and oxygen atoms in total. The van der Waals surface area contributed by atoms with Crippen LogP contribution in [0.2, 0.25) is 0 Å². The Kier molecular flexibility index (Phi) is 4.31. The molecule has 1 amide bonds. The molecule has 1 aromatic carbocycles. The highest BCUT2D eigenvalue weighted by Crippen LogP contribution is 2.20. The summed E-state index contributed by atoms with van der Waals surface area (Å²) in [5, 5.41) is 9.66. The molecule has 0 aromatic heterocycles. The summed E-state index contributed by atoms with van der Waals surface area (Å²) < 4.78 is 0. The van der Waals surface area contributed by atoms with Crippen molar-refractivity contribution in [1.29, 1.82) is 0 Å². The molecule has 0 atom stereocenters. The van der Waals surface area contributed by atoms with Crippen LogP contribution in [0.4, 0.5) is 0 Å². The van der Waals surface area contributed by atoms with E-state index in [4.69, 9.17) is 4.84 Å². The van der Waals surface area contributed by atoms with Crippen LogP contribution in [-0.2, 0) is 4.84 Å². The van der Waals surface area contributed by atoms with Crippen molar-refractivity contribution in [3.63, 3.8) is 0 Å². The van der Waals surface area contributed by atoms with Crippen LogP contribution in [0.3, 0.4) is 0 Å². The number of rotatable bonds is 4. The minimum Gasteiger partial charge on any atom is -0.507 e. The van der Waals surface area contributed by atoms with E-state index < -0.39 is 5.91 Å². The van der Waals surface area contributed by atoms with Gasteiger partial charge in [-0.2, -0.15) is 0 Å². The quantitative estimate of drug-likeness (QED) is 0.768. The number of aromatic hydroxyl groups is 1. The molecule has 0 bridgehead atoms. The monoisotopic (exact) mass is 223 g/mol. The smallest absolute Gasteiger partial charge is 0.278 e. The van der Waals surface area contributed by atoms with Crippen LogP contribution in [0.5, 0.6) is 5.75 Å². The molecule has 0 heterocycles. The van der Waals surface area contributed by atoms with Gasteiger partial charge in [0.05, 0.1) is 12.2 Å². The number of hydroxylamine groups is 1. The largest absolute Gasteiger partial charge is 0.507 e. The summed E-state index contributed by atoms with van der Waals surface area (Å²) in [6.07, 6.45) is 0. The summed E-state index contributed by atoms with van der Waals surface area (Å²) in [6, 6.07) is 5.00. The third-order valence-corrected chi connectivity index (χ3v) is 2.06. The maximum Gasteiger partial charge on any atom is 0.278 e. The molecule has 1 aromatic rings. The highest BCUT2D eigenvalue weighted by Gasteiger charge is 2.12. The van der Waals surface area contributed by atoms with Crippen LogP contribution >= 0.6 is 0 Å². The van der Waals surface area contributed by atoms with Gasteiger partial charge in [-0.1, -0.05) is 26.0 Å². The molecule has 0 fully saturated rings. The maximum atomic E-state index is 11.6. The van der Waals surface area contributed by atoms with Gasteiger partial charge in [-0.05, 0) is 24.5 Å². The van der Waals surface area contributed by atoms with E-state index in [0.29, 0.717) is 18.1 Å². The Morgan fingerprint density at radius 2 is 2.19 bits per heavy atom. The van der Waals surface area contributed by atoms with E-state index in [-0.39, 0.29) is 11.3 Å². The Morgan fingerprint density at radius 1 is 1.50 bits per heavy atom. The van der Waals surface area contributed by atoms with Crippen molar-refractivity contribution in [2.24, 2.45) is 5.92 Å². The summed E-state index contributed by atoms with van der Waals surface area (Å²) in [5.41, 5.74) is 3.19. The lowest BCUT2D eigenvalue weighted by atomic mass is 10.1. The fraction of sp³-hybridized carbons (Fsp3) is 0.417. The van der Waals surface area contributed by atoms with Crippen molar-refractivity contribution in [2.45, 2.75) is 20.8 Å². The van der Waals surface area contributed by atoms with E-state index in [1.165, 1.54) is 0 Å². The lowest BCUT2D eigenvalue weighted by Gasteiger charge is -2.09. The van der Waals surface area contributed by atoms with Gasteiger partial charge in [0.25, 0.3) is 5.91 Å². The molecule has 0 aliphatic heterocycles. The second-order valence-corrected chi connectivity index (χ2v) is 4.11. The average molecular weight is 223 g/mol. The van der Waals surface area contributed by atoms with Gasteiger partial charge in [-0.3, -0.25) is 9.63 Å². The van der Waals surface area contributed by atoms with Gasteiger partial charge in [0.2, 0.25) is 0 Å². The standard InChI is InChI=1S/C12H17NO3/c1-8(2)7-16-13-12(15)10-6-4-5-9(3)11(10)14/h4-6,8,14H,7H2,1-3H3,(H,13,15). The third-order valence-electron chi connectivity index (χ3n) is 2.06. The summed E-state index contributed by atoms with van der Waals surface area (Å²) in [5.74, 6) is -0.0959. The molecular weight excluding hydrogens is 206 g/mol. The summed E-state index contributed by atoms with van der Waals surface area (Å²) in [4.78, 5) is 16.6. The molecule has 4 heteroatoms. The number of carbonyl (C=O) groups is 1. The number of nitrogens with one attached hydrogen (secondary N) is 1. The Bertz CT molecular complexity index is 375. The molecule has 0 saturated carbocycles. The molecule has 0 aliphatic carbocycles. The Morgan fingerprint density at radius 3 is 2.81 bits per heavy atom. The zero-order valence-electron chi connectivity index (χ0n) is 9.78. The van der Waals surface area contributed by atoms with E-state index in [9.17, 15) is 9.90 Å². The minimum atomic E-state index is -0.429. The first kappa shape index (κ1) is 12.5. The Labute approximate surface area is 95.2 Å². The number of amides is 1. The normalized spacial score (nSPS) is 10.5. The van der Waals surface area contributed by atoms with Crippen molar-refractivity contribution < 1.29 is 14.7 Å². The molecule has 0 radical (unpaired) electrons. The third kappa shape index (κ3) is 3.24. The lowest BCUT2D eigenvalue weighted by molar-refractivity contribution is 0.0207. The summed E-state index contributed by atoms with van der Waals surface area (Å²) >= 11 is 0. The lowest BCUT2D eigenvalue weighted by Crippen LogP contribution is -2.25. The Balaban J connectivity index is 2.63. The first-order valence-corrected chi connectivity index (χ1v) is 5.23. The number of hydrogen-bond donors (Lipinski definition) is 2. The summed E-state index contributed by atoms with van der Waals surface area (Å²) in [7, 11) is 0. The van der Waals surface area contributed by atoms with Crippen LogP contribution in [0.25, 0.3) is 0 Å². The average Bonchev–Trinajstić information content (AvgIpc) is 2.21. The number of benzene rings is 1. The molecule has 0 unspecified atom stereocenters. The number of hydrogen-bond acceptors (Lipinski definition) is 3. The van der Waals surface area contributed by atoms with Gasteiger partial charge >= 0.3 is 0 Å². The van der Waals surface area contributed by atoms with Gasteiger partial charge in [-0.15, -0.1) is 0 Å². The van der Waals surface area contributed by atoms with Crippen molar-refractivity contribution in [3.8, 4) is 5.75 Å². The first-order valence-electron chi connectivity index (χ1n) is 5.23.